The van der Waals surface area contributed by atoms with Gasteiger partial charge < -0.3 is 9.47 Å². The van der Waals surface area contributed by atoms with E-state index < -0.39 is 0 Å². The highest BCUT2D eigenvalue weighted by Gasteiger charge is 2.33. The molecular formula is C24H29NO2. The van der Waals surface area contributed by atoms with Gasteiger partial charge >= 0.3 is 0 Å². The van der Waals surface area contributed by atoms with Crippen LogP contribution in [0.15, 0.2) is 48.5 Å². The second-order valence-electron chi connectivity index (χ2n) is 8.33. The molecule has 1 aliphatic carbocycles. The Labute approximate surface area is 162 Å². The zero-order valence-corrected chi connectivity index (χ0v) is 16.0. The van der Waals surface area contributed by atoms with Crippen molar-refractivity contribution in [2.24, 2.45) is 5.92 Å². The van der Waals surface area contributed by atoms with Gasteiger partial charge in [-0.2, -0.15) is 0 Å². The summed E-state index contributed by atoms with van der Waals surface area (Å²) in [7, 11) is 0. The van der Waals surface area contributed by atoms with Crippen LogP contribution in [0.25, 0.3) is 0 Å². The highest BCUT2D eigenvalue weighted by molar-refractivity contribution is 5.41. The van der Waals surface area contributed by atoms with Gasteiger partial charge in [0.25, 0.3) is 0 Å². The number of likely N-dealkylation sites (tertiary alicyclic amines) is 1. The van der Waals surface area contributed by atoms with E-state index in [0.717, 1.165) is 30.0 Å². The molecule has 0 aromatic heterocycles. The lowest BCUT2D eigenvalue weighted by Crippen LogP contribution is -2.46. The third-order valence-corrected chi connectivity index (χ3v) is 6.60. The van der Waals surface area contributed by atoms with Crippen LogP contribution in [0.4, 0.5) is 0 Å². The SMILES string of the molecule is c1ccc2c(c1)OC[C@H](c1ccc(CN3CCC[C@H]4CCCC[C@H]43)cc1)O2. The third-order valence-electron chi connectivity index (χ3n) is 6.60. The summed E-state index contributed by atoms with van der Waals surface area (Å²) < 4.78 is 12.0. The first-order valence-corrected chi connectivity index (χ1v) is 10.6. The Bertz CT molecular complexity index is 770. The first kappa shape index (κ1) is 17.1. The van der Waals surface area contributed by atoms with Gasteiger partial charge in [0.15, 0.2) is 17.6 Å². The van der Waals surface area contributed by atoms with Crippen molar-refractivity contribution < 1.29 is 9.47 Å². The van der Waals surface area contributed by atoms with Gasteiger partial charge in [0.05, 0.1) is 0 Å². The monoisotopic (exact) mass is 363 g/mol. The van der Waals surface area contributed by atoms with E-state index in [0.29, 0.717) is 6.61 Å². The zero-order valence-electron chi connectivity index (χ0n) is 16.0. The average molecular weight is 364 g/mol. The highest BCUT2D eigenvalue weighted by atomic mass is 16.6. The predicted octanol–water partition coefficient (Wildman–Crippen LogP) is 5.35. The van der Waals surface area contributed by atoms with Crippen molar-refractivity contribution in [3.05, 3.63) is 59.7 Å². The summed E-state index contributed by atoms with van der Waals surface area (Å²) >= 11 is 0. The molecule has 2 aromatic carbocycles. The second-order valence-corrected chi connectivity index (χ2v) is 8.33. The minimum atomic E-state index is -0.0216. The van der Waals surface area contributed by atoms with Crippen molar-refractivity contribution in [2.45, 2.75) is 57.2 Å². The predicted molar refractivity (Wildman–Crippen MR) is 107 cm³/mol. The van der Waals surface area contributed by atoms with Crippen molar-refractivity contribution in [1.82, 2.24) is 4.90 Å². The van der Waals surface area contributed by atoms with Crippen molar-refractivity contribution in [3.8, 4) is 11.5 Å². The fraction of sp³-hybridized carbons (Fsp3) is 0.500. The van der Waals surface area contributed by atoms with Crippen LogP contribution >= 0.6 is 0 Å². The standard InChI is InChI=1S/C24H29NO2/c1-2-8-21-19(6-1)7-5-15-25(21)16-18-11-13-20(14-12-18)24-17-26-22-9-3-4-10-23(22)27-24/h3-4,9-14,19,21,24H,1-2,5-8,15-17H2/t19-,21-,24-/m1/s1. The number of fused-ring (bicyclic) bond motifs is 2. The van der Waals surface area contributed by atoms with Crippen molar-refractivity contribution in [3.63, 3.8) is 0 Å². The first-order chi connectivity index (χ1) is 13.4. The third kappa shape index (κ3) is 3.58. The average Bonchev–Trinajstić information content (AvgIpc) is 2.74. The van der Waals surface area contributed by atoms with Gasteiger partial charge in [-0.15, -0.1) is 0 Å². The molecule has 0 unspecified atom stereocenters. The number of nitrogens with zero attached hydrogens (tertiary/aromatic N) is 1. The molecule has 0 amide bonds. The summed E-state index contributed by atoms with van der Waals surface area (Å²) in [5.74, 6) is 2.63. The van der Waals surface area contributed by atoms with Crippen molar-refractivity contribution >= 4 is 0 Å². The minimum absolute atomic E-state index is 0.0216. The summed E-state index contributed by atoms with van der Waals surface area (Å²) in [5.41, 5.74) is 2.62. The fourth-order valence-corrected chi connectivity index (χ4v) is 5.18. The molecule has 0 bridgehead atoms. The lowest BCUT2D eigenvalue weighted by Gasteiger charge is -2.44. The molecule has 2 aliphatic heterocycles. The number of hydrogen-bond donors (Lipinski definition) is 0. The maximum Gasteiger partial charge on any atom is 0.162 e. The van der Waals surface area contributed by atoms with Crippen LogP contribution in [0.1, 0.15) is 55.8 Å². The molecule has 1 saturated heterocycles. The van der Waals surface area contributed by atoms with E-state index in [9.17, 15) is 0 Å². The quantitative estimate of drug-likeness (QED) is 0.733. The first-order valence-electron chi connectivity index (χ1n) is 10.6. The van der Waals surface area contributed by atoms with Crippen LogP contribution in [-0.4, -0.2) is 24.1 Å². The molecule has 2 heterocycles. The summed E-state index contributed by atoms with van der Waals surface area (Å²) in [5, 5.41) is 0. The second kappa shape index (κ2) is 7.55. The van der Waals surface area contributed by atoms with E-state index in [2.05, 4.69) is 29.2 Å². The Hall–Kier alpha value is -2.00. The van der Waals surface area contributed by atoms with E-state index in [-0.39, 0.29) is 6.10 Å². The lowest BCUT2D eigenvalue weighted by atomic mass is 9.78. The molecular weight excluding hydrogens is 334 g/mol. The maximum atomic E-state index is 6.14. The summed E-state index contributed by atoms with van der Waals surface area (Å²) in [4.78, 5) is 2.75. The van der Waals surface area contributed by atoms with E-state index >= 15 is 0 Å². The van der Waals surface area contributed by atoms with Crippen molar-refractivity contribution in [2.75, 3.05) is 13.2 Å². The summed E-state index contributed by atoms with van der Waals surface area (Å²) in [6.07, 6.45) is 8.49. The molecule has 2 fully saturated rings. The van der Waals surface area contributed by atoms with Crippen LogP contribution in [0, 0.1) is 5.92 Å². The molecule has 3 atom stereocenters. The van der Waals surface area contributed by atoms with Crippen LogP contribution in [-0.2, 0) is 6.54 Å². The molecule has 0 spiro atoms. The zero-order chi connectivity index (χ0) is 18.1. The van der Waals surface area contributed by atoms with E-state index in [1.807, 2.05) is 24.3 Å². The lowest BCUT2D eigenvalue weighted by molar-refractivity contribution is 0.0546. The van der Waals surface area contributed by atoms with Gasteiger partial charge in [0.2, 0.25) is 0 Å². The molecule has 3 aliphatic rings. The van der Waals surface area contributed by atoms with Gasteiger partial charge in [-0.05, 0) is 61.4 Å². The Balaban J connectivity index is 1.25. The number of rotatable bonds is 3. The Morgan fingerprint density at radius 3 is 2.52 bits per heavy atom. The van der Waals surface area contributed by atoms with E-state index in [1.165, 1.54) is 56.2 Å². The largest absolute Gasteiger partial charge is 0.485 e. The normalized spacial score (nSPS) is 27.8. The summed E-state index contributed by atoms with van der Waals surface area (Å²) in [6.45, 7) is 2.93. The van der Waals surface area contributed by atoms with Gasteiger partial charge in [-0.3, -0.25) is 4.90 Å². The van der Waals surface area contributed by atoms with Gasteiger partial charge in [-0.25, -0.2) is 0 Å². The Morgan fingerprint density at radius 2 is 1.63 bits per heavy atom. The molecule has 3 nitrogen and oxygen atoms in total. The molecule has 5 rings (SSSR count). The molecule has 1 saturated carbocycles. The maximum absolute atomic E-state index is 6.14. The fourth-order valence-electron chi connectivity index (χ4n) is 5.18. The highest BCUT2D eigenvalue weighted by Crippen LogP contribution is 2.37. The van der Waals surface area contributed by atoms with Crippen LogP contribution in [0.5, 0.6) is 11.5 Å². The summed E-state index contributed by atoms with van der Waals surface area (Å²) in [6, 6.07) is 17.7. The number of piperidine rings is 1. The Morgan fingerprint density at radius 1 is 0.852 bits per heavy atom. The van der Waals surface area contributed by atoms with Crippen LogP contribution < -0.4 is 9.47 Å². The van der Waals surface area contributed by atoms with Crippen LogP contribution in [0.3, 0.4) is 0 Å². The minimum Gasteiger partial charge on any atom is -0.485 e. The number of para-hydroxylation sites is 2. The Kier molecular flexibility index (Phi) is 4.79. The number of ether oxygens (including phenoxy) is 2. The number of hydrogen-bond acceptors (Lipinski definition) is 3. The van der Waals surface area contributed by atoms with E-state index in [1.54, 1.807) is 0 Å². The van der Waals surface area contributed by atoms with E-state index in [4.69, 9.17) is 9.47 Å². The van der Waals surface area contributed by atoms with Gasteiger partial charge in [0.1, 0.15) is 6.61 Å². The molecule has 0 N–H and O–H groups in total. The molecule has 3 heteroatoms. The van der Waals surface area contributed by atoms with Crippen molar-refractivity contribution in [1.29, 1.82) is 0 Å². The number of benzene rings is 2. The molecule has 2 aromatic rings. The molecule has 0 radical (unpaired) electrons. The smallest absolute Gasteiger partial charge is 0.162 e. The van der Waals surface area contributed by atoms with Gasteiger partial charge in [-0.1, -0.05) is 49.2 Å². The molecule has 27 heavy (non-hydrogen) atoms. The van der Waals surface area contributed by atoms with Gasteiger partial charge in [0, 0.05) is 12.6 Å². The molecule has 142 valence electrons. The topological polar surface area (TPSA) is 21.7 Å². The van der Waals surface area contributed by atoms with Crippen LogP contribution in [0.2, 0.25) is 0 Å².